The molecule has 1 aliphatic heterocycles. The van der Waals surface area contributed by atoms with Crippen molar-refractivity contribution < 1.29 is 14.3 Å². The van der Waals surface area contributed by atoms with E-state index in [2.05, 4.69) is 22.1 Å². The van der Waals surface area contributed by atoms with Gasteiger partial charge in [-0.05, 0) is 94.7 Å². The van der Waals surface area contributed by atoms with Crippen molar-refractivity contribution >= 4 is 16.8 Å². The number of likely N-dealkylation sites (tertiary alicyclic amines) is 1. The second-order valence-electron chi connectivity index (χ2n) is 10.8. The first-order chi connectivity index (χ1) is 17.3. The number of rotatable bonds is 5. The van der Waals surface area contributed by atoms with E-state index in [-0.39, 0.29) is 18.1 Å². The minimum absolute atomic E-state index is 0.00320. The van der Waals surface area contributed by atoms with E-state index in [0.29, 0.717) is 23.2 Å². The molecule has 0 bridgehead atoms. The maximum atomic E-state index is 14.3. The number of aliphatic hydroxyl groups is 1. The normalized spacial score (nSPS) is 23.3. The summed E-state index contributed by atoms with van der Waals surface area (Å²) in [5, 5.41) is 11.3. The van der Waals surface area contributed by atoms with Crippen LogP contribution in [0.1, 0.15) is 74.2 Å². The molecule has 1 unspecified atom stereocenters. The van der Waals surface area contributed by atoms with Crippen LogP contribution >= 0.6 is 0 Å². The second kappa shape index (κ2) is 10.3. The van der Waals surface area contributed by atoms with Gasteiger partial charge in [-0.1, -0.05) is 0 Å². The number of pyridine rings is 1. The Morgan fingerprint density at radius 2 is 1.94 bits per heavy atom. The molecule has 192 valence electrons. The van der Waals surface area contributed by atoms with Crippen LogP contribution < -0.4 is 0 Å². The summed E-state index contributed by atoms with van der Waals surface area (Å²) in [7, 11) is 1.75. The van der Waals surface area contributed by atoms with Crippen molar-refractivity contribution in [2.24, 2.45) is 0 Å². The van der Waals surface area contributed by atoms with E-state index in [0.717, 1.165) is 62.5 Å². The number of hydrogen-bond acceptors (Lipinski definition) is 4. The van der Waals surface area contributed by atoms with Gasteiger partial charge in [-0.15, -0.1) is 0 Å². The van der Waals surface area contributed by atoms with Gasteiger partial charge in [0.25, 0.3) is 5.91 Å². The smallest absolute Gasteiger partial charge is 0.256 e. The van der Waals surface area contributed by atoms with Crippen LogP contribution in [0.25, 0.3) is 16.6 Å². The second-order valence-corrected chi connectivity index (χ2v) is 10.8. The molecule has 7 heteroatoms. The first-order valence-corrected chi connectivity index (χ1v) is 13.3. The lowest BCUT2D eigenvalue weighted by Gasteiger charge is -2.40. The molecule has 1 aromatic carbocycles. The van der Waals surface area contributed by atoms with Gasteiger partial charge in [-0.25, -0.2) is 4.39 Å². The van der Waals surface area contributed by atoms with Crippen LogP contribution in [0.15, 0.2) is 42.9 Å². The van der Waals surface area contributed by atoms with Crippen LogP contribution in [0.5, 0.6) is 0 Å². The summed E-state index contributed by atoms with van der Waals surface area (Å²) in [6.07, 6.45) is 12.0. The standard InChI is InChI=1S/C29H37FN4O2/c1-19(2)32(3)29(36)25-15-21(30)8-11-27(25)34-18-26(24-12-13-31-16-28(24)34)20-6-9-22(10-7-20)33-14-4-5-23(35)17-33/h8,11-13,15-16,18-20,22-23,35H,4-7,9-10,14,17H2,1-3H3/t20-,22-,23?. The molecule has 0 spiro atoms. The SMILES string of the molecule is CC(C)N(C)C(=O)c1cc(F)ccc1-n1cc([C@H]2CC[C@H](N3CCCC(O)C3)CC2)c2ccncc21. The van der Waals surface area contributed by atoms with Gasteiger partial charge in [0.05, 0.1) is 29.1 Å². The molecular weight excluding hydrogens is 455 g/mol. The van der Waals surface area contributed by atoms with Gasteiger partial charge in [0.15, 0.2) is 0 Å². The summed E-state index contributed by atoms with van der Waals surface area (Å²) in [6, 6.07) is 7.06. The van der Waals surface area contributed by atoms with Crippen LogP contribution in [-0.2, 0) is 0 Å². The number of carbonyl (C=O) groups is 1. The van der Waals surface area contributed by atoms with E-state index in [1.54, 1.807) is 18.0 Å². The van der Waals surface area contributed by atoms with E-state index in [1.807, 2.05) is 30.8 Å². The highest BCUT2D eigenvalue weighted by Crippen LogP contribution is 2.40. The maximum absolute atomic E-state index is 14.3. The molecule has 5 rings (SSSR count). The molecule has 1 N–H and O–H groups in total. The lowest BCUT2D eigenvalue weighted by atomic mass is 9.81. The molecule has 2 fully saturated rings. The highest BCUT2D eigenvalue weighted by Gasteiger charge is 2.31. The Balaban J connectivity index is 1.47. The largest absolute Gasteiger partial charge is 0.392 e. The van der Waals surface area contributed by atoms with Crippen LogP contribution in [-0.4, -0.2) is 68.7 Å². The lowest BCUT2D eigenvalue weighted by Crippen LogP contribution is -2.45. The van der Waals surface area contributed by atoms with Gasteiger partial charge in [-0.3, -0.25) is 14.7 Å². The van der Waals surface area contributed by atoms with Gasteiger partial charge in [0.1, 0.15) is 5.82 Å². The number of hydrogen-bond donors (Lipinski definition) is 1. The first kappa shape index (κ1) is 24.9. The Bertz CT molecular complexity index is 1230. The molecule has 6 nitrogen and oxygen atoms in total. The molecule has 2 aliphatic rings. The van der Waals surface area contributed by atoms with Crippen molar-refractivity contribution in [2.45, 2.75) is 76.5 Å². The molecule has 1 aliphatic carbocycles. The van der Waals surface area contributed by atoms with E-state index < -0.39 is 5.82 Å². The van der Waals surface area contributed by atoms with Crippen molar-refractivity contribution in [3.05, 3.63) is 59.8 Å². The molecule has 3 aromatic rings. The summed E-state index contributed by atoms with van der Waals surface area (Å²) in [4.78, 5) is 21.8. The number of benzene rings is 1. The van der Waals surface area contributed by atoms with Gasteiger partial charge >= 0.3 is 0 Å². The van der Waals surface area contributed by atoms with E-state index in [9.17, 15) is 14.3 Å². The fourth-order valence-corrected chi connectivity index (χ4v) is 6.01. The zero-order valence-electron chi connectivity index (χ0n) is 21.5. The van der Waals surface area contributed by atoms with Crippen molar-refractivity contribution in [2.75, 3.05) is 20.1 Å². The topological polar surface area (TPSA) is 61.6 Å². The fraction of sp³-hybridized carbons (Fsp3) is 0.517. The first-order valence-electron chi connectivity index (χ1n) is 13.3. The number of β-amino-alcohol motifs (C(OH)–C–C–N with tert-alkyl or cyclic N) is 1. The van der Waals surface area contributed by atoms with Crippen molar-refractivity contribution in [1.29, 1.82) is 0 Å². The molecule has 1 amide bonds. The average molecular weight is 493 g/mol. The zero-order chi connectivity index (χ0) is 25.4. The quantitative estimate of drug-likeness (QED) is 0.537. The summed E-state index contributed by atoms with van der Waals surface area (Å²) in [5.41, 5.74) is 3.23. The van der Waals surface area contributed by atoms with Crippen molar-refractivity contribution in [3.63, 3.8) is 0 Å². The van der Waals surface area contributed by atoms with Crippen LogP contribution in [0, 0.1) is 5.82 Å². The van der Waals surface area contributed by atoms with E-state index in [4.69, 9.17) is 0 Å². The van der Waals surface area contributed by atoms with Crippen molar-refractivity contribution in [1.82, 2.24) is 19.4 Å². The highest BCUT2D eigenvalue weighted by molar-refractivity contribution is 5.99. The monoisotopic (exact) mass is 492 g/mol. The van der Waals surface area contributed by atoms with Crippen molar-refractivity contribution in [3.8, 4) is 5.69 Å². The Kier molecular flexibility index (Phi) is 7.13. The van der Waals surface area contributed by atoms with Gasteiger partial charge in [0.2, 0.25) is 0 Å². The van der Waals surface area contributed by atoms with Gasteiger partial charge < -0.3 is 14.6 Å². The molecule has 2 aromatic heterocycles. The number of aromatic nitrogens is 2. The lowest BCUT2D eigenvalue weighted by molar-refractivity contribution is 0.0345. The van der Waals surface area contributed by atoms with Gasteiger partial charge in [-0.2, -0.15) is 0 Å². The zero-order valence-corrected chi connectivity index (χ0v) is 21.5. The summed E-state index contributed by atoms with van der Waals surface area (Å²) < 4.78 is 16.3. The predicted molar refractivity (Wildman–Crippen MR) is 140 cm³/mol. The number of amides is 1. The molecule has 1 saturated carbocycles. The Morgan fingerprint density at radius 3 is 2.67 bits per heavy atom. The summed E-state index contributed by atoms with van der Waals surface area (Å²) in [6.45, 7) is 5.78. The summed E-state index contributed by atoms with van der Waals surface area (Å²) >= 11 is 0. The number of fused-ring (bicyclic) bond motifs is 1. The average Bonchev–Trinajstić information content (AvgIpc) is 3.27. The molecule has 0 radical (unpaired) electrons. The number of piperidine rings is 1. The number of halogens is 1. The summed E-state index contributed by atoms with van der Waals surface area (Å²) in [5.74, 6) is -0.203. The number of nitrogens with zero attached hydrogens (tertiary/aromatic N) is 4. The molecular formula is C29H37FN4O2. The Morgan fingerprint density at radius 1 is 1.17 bits per heavy atom. The highest BCUT2D eigenvalue weighted by atomic mass is 19.1. The third-order valence-corrected chi connectivity index (χ3v) is 8.26. The number of carbonyl (C=O) groups excluding carboxylic acids is 1. The number of aliphatic hydroxyl groups excluding tert-OH is 1. The minimum atomic E-state index is -0.421. The minimum Gasteiger partial charge on any atom is -0.392 e. The third-order valence-electron chi connectivity index (χ3n) is 8.26. The fourth-order valence-electron chi connectivity index (χ4n) is 6.01. The van der Waals surface area contributed by atoms with Crippen LogP contribution in [0.3, 0.4) is 0 Å². The van der Waals surface area contributed by atoms with Crippen LogP contribution in [0.4, 0.5) is 4.39 Å². The molecule has 3 heterocycles. The third kappa shape index (κ3) is 4.78. The Hall–Kier alpha value is -2.77. The van der Waals surface area contributed by atoms with E-state index >= 15 is 0 Å². The molecule has 36 heavy (non-hydrogen) atoms. The van der Waals surface area contributed by atoms with Gasteiger partial charge in [0, 0.05) is 43.5 Å². The molecule has 1 saturated heterocycles. The molecule has 1 atom stereocenters. The maximum Gasteiger partial charge on any atom is 0.256 e. The predicted octanol–water partition coefficient (Wildman–Crippen LogP) is 5.13. The van der Waals surface area contributed by atoms with Crippen LogP contribution in [0.2, 0.25) is 0 Å². The van der Waals surface area contributed by atoms with E-state index in [1.165, 1.54) is 17.7 Å². The Labute approximate surface area is 212 Å².